The van der Waals surface area contributed by atoms with Crippen molar-refractivity contribution in [2.45, 2.75) is 37.8 Å². The summed E-state index contributed by atoms with van der Waals surface area (Å²) in [5.74, 6) is 0.135. The Balaban J connectivity index is 1.86. The number of carbonyl (C=O) groups is 1. The third-order valence-electron chi connectivity index (χ3n) is 3.02. The minimum Gasteiger partial charge on any atom is -0.379 e. The summed E-state index contributed by atoms with van der Waals surface area (Å²) in [5, 5.41) is 6.27. The molecular weight excluding hydrogens is 180 g/mol. The van der Waals surface area contributed by atoms with Crippen molar-refractivity contribution in [3.63, 3.8) is 0 Å². The Morgan fingerprint density at radius 2 is 2.50 bits per heavy atom. The fourth-order valence-electron chi connectivity index (χ4n) is 2.06. The van der Waals surface area contributed by atoms with E-state index in [2.05, 4.69) is 10.6 Å². The van der Waals surface area contributed by atoms with E-state index in [4.69, 9.17) is 4.74 Å². The fraction of sp³-hybridized carbons (Fsp3) is 0.900. The highest BCUT2D eigenvalue weighted by atomic mass is 16.5. The van der Waals surface area contributed by atoms with Gasteiger partial charge in [0.25, 0.3) is 0 Å². The van der Waals surface area contributed by atoms with E-state index in [1.807, 2.05) is 6.92 Å². The van der Waals surface area contributed by atoms with Crippen LogP contribution in [0.4, 0.5) is 0 Å². The second-order valence-corrected chi connectivity index (χ2v) is 4.50. The van der Waals surface area contributed by atoms with Crippen LogP contribution < -0.4 is 10.6 Å². The van der Waals surface area contributed by atoms with Gasteiger partial charge in [-0.2, -0.15) is 0 Å². The number of hydrogen-bond acceptors (Lipinski definition) is 3. The van der Waals surface area contributed by atoms with E-state index in [1.165, 1.54) is 0 Å². The maximum Gasteiger partial charge on any atom is 0.237 e. The molecule has 2 aliphatic rings. The van der Waals surface area contributed by atoms with Gasteiger partial charge in [0, 0.05) is 6.61 Å². The monoisotopic (exact) mass is 198 g/mol. The molecule has 0 bridgehead atoms. The van der Waals surface area contributed by atoms with E-state index < -0.39 is 0 Å². The summed E-state index contributed by atoms with van der Waals surface area (Å²) < 4.78 is 5.29. The molecule has 0 spiro atoms. The van der Waals surface area contributed by atoms with Crippen molar-refractivity contribution in [1.82, 2.24) is 10.6 Å². The highest BCUT2D eigenvalue weighted by molar-refractivity contribution is 5.82. The molecule has 1 amide bonds. The Hall–Kier alpha value is -0.610. The second-order valence-electron chi connectivity index (χ2n) is 4.50. The summed E-state index contributed by atoms with van der Waals surface area (Å²) in [6.45, 7) is 4.42. The Morgan fingerprint density at radius 1 is 1.64 bits per heavy atom. The molecule has 2 aliphatic heterocycles. The number of amides is 1. The first kappa shape index (κ1) is 9.93. The van der Waals surface area contributed by atoms with Crippen molar-refractivity contribution in [2.24, 2.45) is 0 Å². The van der Waals surface area contributed by atoms with Crippen LogP contribution in [-0.4, -0.2) is 37.2 Å². The molecule has 4 heteroatoms. The van der Waals surface area contributed by atoms with Crippen molar-refractivity contribution < 1.29 is 9.53 Å². The molecule has 2 atom stereocenters. The Labute approximate surface area is 84.4 Å². The average Bonchev–Trinajstić information content (AvgIpc) is 2.74. The predicted molar refractivity (Wildman–Crippen MR) is 53.0 cm³/mol. The van der Waals surface area contributed by atoms with Crippen LogP contribution >= 0.6 is 0 Å². The number of nitrogens with one attached hydrogen (secondary N) is 2. The number of ether oxygens (including phenoxy) is 1. The summed E-state index contributed by atoms with van der Waals surface area (Å²) in [7, 11) is 0. The van der Waals surface area contributed by atoms with E-state index in [9.17, 15) is 4.79 Å². The van der Waals surface area contributed by atoms with E-state index in [1.54, 1.807) is 0 Å². The zero-order valence-electron chi connectivity index (χ0n) is 8.64. The van der Waals surface area contributed by atoms with E-state index in [0.717, 1.165) is 32.4 Å². The maximum atomic E-state index is 11.8. The molecule has 0 aliphatic carbocycles. The lowest BCUT2D eigenvalue weighted by Crippen LogP contribution is -2.52. The average molecular weight is 198 g/mol. The van der Waals surface area contributed by atoms with E-state index in [0.29, 0.717) is 6.61 Å². The summed E-state index contributed by atoms with van der Waals surface area (Å²) in [6.07, 6.45) is 2.99. The molecule has 2 N–H and O–H groups in total. The van der Waals surface area contributed by atoms with Gasteiger partial charge in [-0.15, -0.1) is 0 Å². The van der Waals surface area contributed by atoms with Gasteiger partial charge in [-0.25, -0.2) is 0 Å². The number of carbonyl (C=O) groups excluding carboxylic acids is 1. The molecule has 2 unspecified atom stereocenters. The van der Waals surface area contributed by atoms with Gasteiger partial charge in [-0.3, -0.25) is 4.79 Å². The van der Waals surface area contributed by atoms with Crippen LogP contribution in [0.2, 0.25) is 0 Å². The zero-order valence-corrected chi connectivity index (χ0v) is 8.64. The third-order valence-corrected chi connectivity index (χ3v) is 3.02. The highest BCUT2D eigenvalue weighted by Gasteiger charge is 2.33. The standard InChI is InChI=1S/C10H18N2O2/c1-10(4-6-14-7-10)12-9(13)8-3-2-5-11-8/h8,11H,2-7H2,1H3,(H,12,13). The number of hydrogen-bond donors (Lipinski definition) is 2. The Bertz CT molecular complexity index is 218. The molecule has 0 saturated carbocycles. The maximum absolute atomic E-state index is 11.8. The molecule has 0 radical (unpaired) electrons. The zero-order chi connectivity index (χ0) is 10.0. The minimum absolute atomic E-state index is 0.0208. The van der Waals surface area contributed by atoms with Crippen LogP contribution in [0, 0.1) is 0 Å². The second kappa shape index (κ2) is 3.87. The van der Waals surface area contributed by atoms with Crippen LogP contribution in [0.1, 0.15) is 26.2 Å². The van der Waals surface area contributed by atoms with Gasteiger partial charge in [0.15, 0.2) is 0 Å². The molecule has 2 fully saturated rings. The van der Waals surface area contributed by atoms with Crippen molar-refractivity contribution in [3.05, 3.63) is 0 Å². The lowest BCUT2D eigenvalue weighted by atomic mass is 10.0. The first-order chi connectivity index (χ1) is 6.70. The van der Waals surface area contributed by atoms with Crippen molar-refractivity contribution in [3.8, 4) is 0 Å². The van der Waals surface area contributed by atoms with Crippen LogP contribution in [-0.2, 0) is 9.53 Å². The molecule has 14 heavy (non-hydrogen) atoms. The van der Waals surface area contributed by atoms with E-state index >= 15 is 0 Å². The predicted octanol–water partition coefficient (Wildman–Crippen LogP) is 0.0336. The topological polar surface area (TPSA) is 50.4 Å². The number of rotatable bonds is 2. The SMILES string of the molecule is CC1(NC(=O)C2CCCN2)CCOC1. The summed E-state index contributed by atoms with van der Waals surface area (Å²) >= 11 is 0. The normalized spacial score (nSPS) is 37.4. The van der Waals surface area contributed by atoms with Gasteiger partial charge in [-0.1, -0.05) is 0 Å². The van der Waals surface area contributed by atoms with Gasteiger partial charge >= 0.3 is 0 Å². The molecule has 2 heterocycles. The van der Waals surface area contributed by atoms with Crippen LogP contribution in [0.15, 0.2) is 0 Å². The van der Waals surface area contributed by atoms with Crippen LogP contribution in [0.3, 0.4) is 0 Å². The Morgan fingerprint density at radius 3 is 3.07 bits per heavy atom. The molecule has 80 valence electrons. The van der Waals surface area contributed by atoms with Crippen molar-refractivity contribution in [2.75, 3.05) is 19.8 Å². The summed E-state index contributed by atoms with van der Waals surface area (Å²) in [5.41, 5.74) is -0.138. The Kier molecular flexibility index (Phi) is 2.74. The van der Waals surface area contributed by atoms with Gasteiger partial charge in [0.05, 0.1) is 18.2 Å². The van der Waals surface area contributed by atoms with Crippen molar-refractivity contribution >= 4 is 5.91 Å². The van der Waals surface area contributed by atoms with Gasteiger partial charge in [0.2, 0.25) is 5.91 Å². The largest absolute Gasteiger partial charge is 0.379 e. The molecule has 2 rings (SSSR count). The lowest BCUT2D eigenvalue weighted by Gasteiger charge is -2.25. The summed E-state index contributed by atoms with van der Waals surface area (Å²) in [4.78, 5) is 11.8. The van der Waals surface area contributed by atoms with Crippen LogP contribution in [0.25, 0.3) is 0 Å². The fourth-order valence-corrected chi connectivity index (χ4v) is 2.06. The molecule has 0 aromatic rings. The van der Waals surface area contributed by atoms with Gasteiger partial charge in [-0.05, 0) is 32.7 Å². The molecule has 0 aromatic heterocycles. The third kappa shape index (κ3) is 2.07. The lowest BCUT2D eigenvalue weighted by molar-refractivity contribution is -0.124. The van der Waals surface area contributed by atoms with Crippen molar-refractivity contribution in [1.29, 1.82) is 0 Å². The minimum atomic E-state index is -0.138. The first-order valence-corrected chi connectivity index (χ1v) is 5.33. The van der Waals surface area contributed by atoms with Gasteiger partial charge in [0.1, 0.15) is 0 Å². The molecule has 0 aromatic carbocycles. The van der Waals surface area contributed by atoms with E-state index in [-0.39, 0.29) is 17.5 Å². The molecular formula is C10H18N2O2. The highest BCUT2D eigenvalue weighted by Crippen LogP contribution is 2.18. The van der Waals surface area contributed by atoms with Gasteiger partial charge < -0.3 is 15.4 Å². The van der Waals surface area contributed by atoms with Crippen LogP contribution in [0.5, 0.6) is 0 Å². The molecule has 2 saturated heterocycles. The summed E-state index contributed by atoms with van der Waals surface area (Å²) in [6, 6.07) is 0.0208. The smallest absolute Gasteiger partial charge is 0.237 e. The molecule has 4 nitrogen and oxygen atoms in total. The quantitative estimate of drug-likeness (QED) is 0.658. The first-order valence-electron chi connectivity index (χ1n) is 5.33.